The summed E-state index contributed by atoms with van der Waals surface area (Å²) >= 11 is 0. The van der Waals surface area contributed by atoms with E-state index in [-0.39, 0.29) is 43.8 Å². The summed E-state index contributed by atoms with van der Waals surface area (Å²) < 4.78 is 54.5. The van der Waals surface area contributed by atoms with Gasteiger partial charge in [0.2, 0.25) is 11.8 Å². The molecule has 16 heteroatoms. The first kappa shape index (κ1) is 39.7. The third-order valence-electron chi connectivity index (χ3n) is 10.3. The van der Waals surface area contributed by atoms with Gasteiger partial charge in [0, 0.05) is 24.4 Å². The van der Waals surface area contributed by atoms with Crippen molar-refractivity contribution in [2.75, 3.05) is 6.54 Å². The lowest BCUT2D eigenvalue weighted by molar-refractivity contribution is -0.141. The Morgan fingerprint density at radius 3 is 2.53 bits per heavy atom. The molecule has 2 aromatic carbocycles. The number of rotatable bonds is 5. The molecule has 0 spiro atoms. The van der Waals surface area contributed by atoms with Crippen LogP contribution in [0.25, 0.3) is 0 Å². The first-order valence-corrected chi connectivity index (χ1v) is 20.1. The SMILES string of the molecule is Cc1cccc(S(=O)(=O)NC(=O)[C@@]23C[C@H]2/C=C\CCCCC[C@H](NC(=O)OC(C)(C)C)C(=O)N2C[C@H](OC(=O)N4Cc5cccc(F)c5C4)C[C@H]2C(=O)N3)c1. The minimum Gasteiger partial charge on any atom is -0.444 e. The van der Waals surface area contributed by atoms with Crippen molar-refractivity contribution in [3.63, 3.8) is 0 Å². The van der Waals surface area contributed by atoms with Crippen LogP contribution in [0.4, 0.5) is 14.0 Å². The molecule has 1 saturated carbocycles. The molecule has 4 aliphatic rings. The molecule has 0 bridgehead atoms. The number of hydrogen-bond donors (Lipinski definition) is 3. The Labute approximate surface area is 320 Å². The zero-order valence-corrected chi connectivity index (χ0v) is 32.2. The van der Waals surface area contributed by atoms with Crippen LogP contribution in [0.5, 0.6) is 0 Å². The Balaban J connectivity index is 1.27. The molecule has 2 aromatic rings. The molecule has 1 aliphatic carbocycles. The second kappa shape index (κ2) is 15.6. The lowest BCUT2D eigenvalue weighted by Gasteiger charge is -2.30. The van der Waals surface area contributed by atoms with Crippen molar-refractivity contribution < 1.29 is 46.3 Å². The van der Waals surface area contributed by atoms with Gasteiger partial charge in [-0.05, 0) is 82.7 Å². The quantitative estimate of drug-likeness (QED) is 0.372. The van der Waals surface area contributed by atoms with E-state index in [1.54, 1.807) is 58.0 Å². The van der Waals surface area contributed by atoms with Gasteiger partial charge in [0.25, 0.3) is 15.9 Å². The standard InChI is InChI=1S/C39H48FN5O9S/c1-24-12-10-15-28(18-24)55(51,52)43-35(48)39-20-26(39)14-8-6-5-7-9-17-31(41-36(49)54-38(2,3)4)34(47)45-22-27(19-32(45)33(46)42-39)53-37(50)44-21-25-13-11-16-30(40)29(25)23-44/h8,10-16,18,26-27,31-32H,5-7,9,17,19-23H2,1-4H3,(H,41,49)(H,42,46)(H,43,48)/b14-8-/t26-,27-,31+,32+,39-/m1/s1. The van der Waals surface area contributed by atoms with E-state index in [0.29, 0.717) is 36.0 Å². The predicted octanol–water partition coefficient (Wildman–Crippen LogP) is 4.35. The van der Waals surface area contributed by atoms with Crippen LogP contribution in [0, 0.1) is 18.7 Å². The van der Waals surface area contributed by atoms with Gasteiger partial charge in [-0.1, -0.05) is 49.3 Å². The normalized spacial score (nSPS) is 26.3. The highest BCUT2D eigenvalue weighted by Gasteiger charge is 2.61. The van der Waals surface area contributed by atoms with E-state index in [1.807, 2.05) is 6.08 Å². The van der Waals surface area contributed by atoms with Crippen molar-refractivity contribution >= 4 is 39.9 Å². The van der Waals surface area contributed by atoms with E-state index < -0.39 is 81.0 Å². The molecule has 296 valence electrons. The predicted molar refractivity (Wildman–Crippen MR) is 197 cm³/mol. The lowest BCUT2D eigenvalue weighted by atomic mass is 10.0. The number of aryl methyl sites for hydroxylation is 1. The Kier molecular flexibility index (Phi) is 11.3. The molecule has 3 heterocycles. The highest BCUT2D eigenvalue weighted by Crippen LogP contribution is 2.46. The fourth-order valence-corrected chi connectivity index (χ4v) is 8.54. The highest BCUT2D eigenvalue weighted by atomic mass is 32.2. The third kappa shape index (κ3) is 9.11. The smallest absolute Gasteiger partial charge is 0.410 e. The number of carbonyl (C=O) groups is 5. The molecule has 5 amide bonds. The number of ether oxygens (including phenoxy) is 2. The van der Waals surface area contributed by atoms with Crippen molar-refractivity contribution in [3.05, 3.63) is 77.1 Å². The van der Waals surface area contributed by atoms with Gasteiger partial charge >= 0.3 is 12.2 Å². The van der Waals surface area contributed by atoms with Crippen molar-refractivity contribution in [2.24, 2.45) is 5.92 Å². The number of sulfonamides is 1. The molecule has 55 heavy (non-hydrogen) atoms. The van der Waals surface area contributed by atoms with Gasteiger partial charge in [-0.3, -0.25) is 19.3 Å². The zero-order chi connectivity index (χ0) is 39.7. The molecule has 14 nitrogen and oxygen atoms in total. The number of alkyl carbamates (subject to hydrolysis) is 1. The van der Waals surface area contributed by atoms with Crippen LogP contribution < -0.4 is 15.4 Å². The fourth-order valence-electron chi connectivity index (χ4n) is 7.40. The van der Waals surface area contributed by atoms with Crippen LogP contribution >= 0.6 is 0 Å². The van der Waals surface area contributed by atoms with Gasteiger partial charge in [-0.15, -0.1) is 0 Å². The fraction of sp³-hybridized carbons (Fsp3) is 0.513. The van der Waals surface area contributed by atoms with Crippen LogP contribution in [-0.2, 0) is 47.0 Å². The van der Waals surface area contributed by atoms with Gasteiger partial charge < -0.3 is 25.0 Å². The minimum atomic E-state index is -4.31. The Bertz CT molecular complexity index is 2000. The van der Waals surface area contributed by atoms with E-state index in [4.69, 9.17) is 9.47 Å². The summed E-state index contributed by atoms with van der Waals surface area (Å²) in [7, 11) is -4.31. The topological polar surface area (TPSA) is 181 Å². The second-order valence-electron chi connectivity index (χ2n) is 15.8. The average Bonchev–Trinajstić information content (AvgIpc) is 3.40. The monoisotopic (exact) mass is 781 g/mol. The van der Waals surface area contributed by atoms with E-state index in [1.165, 1.54) is 28.0 Å². The lowest BCUT2D eigenvalue weighted by Crippen LogP contribution is -2.58. The maximum atomic E-state index is 14.5. The number of nitrogens with zero attached hydrogens (tertiary/aromatic N) is 2. The molecule has 6 rings (SSSR count). The Hall–Kier alpha value is -4.99. The van der Waals surface area contributed by atoms with Gasteiger partial charge in [-0.25, -0.2) is 27.1 Å². The molecular weight excluding hydrogens is 734 g/mol. The van der Waals surface area contributed by atoms with E-state index >= 15 is 0 Å². The number of carbonyl (C=O) groups excluding carboxylic acids is 5. The molecule has 2 fully saturated rings. The van der Waals surface area contributed by atoms with E-state index in [9.17, 15) is 36.8 Å². The average molecular weight is 782 g/mol. The van der Waals surface area contributed by atoms with Crippen molar-refractivity contribution in [2.45, 2.75) is 120 Å². The van der Waals surface area contributed by atoms with Crippen molar-refractivity contribution in [1.29, 1.82) is 0 Å². The van der Waals surface area contributed by atoms with Gasteiger partial charge in [-0.2, -0.15) is 0 Å². The molecule has 3 N–H and O–H groups in total. The van der Waals surface area contributed by atoms with Crippen LogP contribution in [0.3, 0.4) is 0 Å². The first-order chi connectivity index (χ1) is 26.0. The largest absolute Gasteiger partial charge is 0.444 e. The van der Waals surface area contributed by atoms with Crippen molar-refractivity contribution in [3.8, 4) is 0 Å². The summed E-state index contributed by atoms with van der Waals surface area (Å²) in [6.45, 7) is 6.68. The Morgan fingerprint density at radius 1 is 1.04 bits per heavy atom. The molecule has 5 atom stereocenters. The number of allylic oxidation sites excluding steroid dienone is 1. The number of halogens is 1. The third-order valence-corrected chi connectivity index (χ3v) is 11.6. The summed E-state index contributed by atoms with van der Waals surface area (Å²) in [5.41, 5.74) is -0.805. The maximum Gasteiger partial charge on any atom is 0.410 e. The van der Waals surface area contributed by atoms with Crippen LogP contribution in [0.1, 0.15) is 82.4 Å². The van der Waals surface area contributed by atoms with Crippen LogP contribution in [0.2, 0.25) is 0 Å². The molecular formula is C39H48FN5O9S. The number of nitrogens with one attached hydrogen (secondary N) is 3. The summed E-state index contributed by atoms with van der Waals surface area (Å²) in [6.07, 6.45) is 3.95. The van der Waals surface area contributed by atoms with Gasteiger partial charge in [0.15, 0.2) is 0 Å². The Morgan fingerprint density at radius 2 is 1.80 bits per heavy atom. The van der Waals surface area contributed by atoms with Gasteiger partial charge in [0.05, 0.1) is 18.0 Å². The molecule has 0 aromatic heterocycles. The summed E-state index contributed by atoms with van der Waals surface area (Å²) in [4.78, 5) is 71.4. The first-order valence-electron chi connectivity index (χ1n) is 18.6. The number of hydrogen-bond acceptors (Lipinski definition) is 9. The number of fused-ring (bicyclic) bond motifs is 3. The summed E-state index contributed by atoms with van der Waals surface area (Å²) in [5, 5.41) is 5.45. The van der Waals surface area contributed by atoms with Crippen LogP contribution in [-0.4, -0.2) is 84.0 Å². The second-order valence-corrected chi connectivity index (χ2v) is 17.5. The molecule has 0 unspecified atom stereocenters. The molecule has 0 radical (unpaired) electrons. The van der Waals surface area contributed by atoms with E-state index in [2.05, 4.69) is 15.4 Å². The molecule has 1 saturated heterocycles. The number of amides is 5. The van der Waals surface area contributed by atoms with Gasteiger partial charge in [0.1, 0.15) is 35.1 Å². The summed E-state index contributed by atoms with van der Waals surface area (Å²) in [5.74, 6) is -3.27. The van der Waals surface area contributed by atoms with Crippen LogP contribution in [0.15, 0.2) is 59.5 Å². The minimum absolute atomic E-state index is 0.0139. The van der Waals surface area contributed by atoms with Crippen molar-refractivity contribution in [1.82, 2.24) is 25.2 Å². The number of benzene rings is 2. The molecule has 3 aliphatic heterocycles. The maximum absolute atomic E-state index is 14.5. The van der Waals surface area contributed by atoms with E-state index in [0.717, 1.165) is 6.42 Å². The zero-order valence-electron chi connectivity index (χ0n) is 31.4. The highest BCUT2D eigenvalue weighted by molar-refractivity contribution is 7.90. The summed E-state index contributed by atoms with van der Waals surface area (Å²) in [6, 6.07) is 8.29.